The van der Waals surface area contributed by atoms with E-state index < -0.39 is 29.0 Å². The maximum Gasteiger partial charge on any atom is 0.332 e. The number of aryl methyl sites for hydroxylation is 1. The van der Waals surface area contributed by atoms with Crippen LogP contribution < -0.4 is 16.6 Å². The molecule has 0 radical (unpaired) electrons. The molecule has 1 aliphatic heterocycles. The van der Waals surface area contributed by atoms with Crippen LogP contribution >= 0.6 is 0 Å². The zero-order chi connectivity index (χ0) is 16.9. The van der Waals surface area contributed by atoms with Gasteiger partial charge in [-0.2, -0.15) is 0 Å². The molecule has 3 atom stereocenters. The number of nitrogens with zero attached hydrogens (tertiary/aromatic N) is 4. The summed E-state index contributed by atoms with van der Waals surface area (Å²) in [6.07, 6.45) is 0.970. The van der Waals surface area contributed by atoms with E-state index in [1.54, 1.807) is 18.5 Å². The van der Waals surface area contributed by atoms with E-state index in [4.69, 9.17) is 0 Å². The van der Waals surface area contributed by atoms with E-state index in [9.17, 15) is 19.8 Å². The second-order valence-corrected chi connectivity index (χ2v) is 6.42. The first-order chi connectivity index (χ1) is 10.7. The van der Waals surface area contributed by atoms with Gasteiger partial charge in [-0.15, -0.1) is 0 Å². The van der Waals surface area contributed by atoms with E-state index >= 15 is 0 Å². The Kier molecular flexibility index (Phi) is 3.66. The Labute approximate surface area is 131 Å². The molecule has 9 heteroatoms. The highest BCUT2D eigenvalue weighted by Gasteiger charge is 2.38. The molecular weight excluding hydrogens is 302 g/mol. The fourth-order valence-corrected chi connectivity index (χ4v) is 3.29. The lowest BCUT2D eigenvalue weighted by molar-refractivity contribution is -0.0212. The Bertz CT molecular complexity index is 862. The molecule has 0 aromatic carbocycles. The van der Waals surface area contributed by atoms with Crippen LogP contribution in [0.1, 0.15) is 19.4 Å². The number of rotatable bonds is 1. The maximum atomic E-state index is 12.5. The average molecular weight is 323 g/mol. The summed E-state index contributed by atoms with van der Waals surface area (Å²) < 4.78 is 3.93. The first kappa shape index (κ1) is 15.9. The molecule has 0 spiro atoms. The average Bonchev–Trinajstić information content (AvgIpc) is 2.85. The molecule has 2 aromatic heterocycles. The Morgan fingerprint density at radius 3 is 2.70 bits per heavy atom. The topological polar surface area (TPSA) is 114 Å². The van der Waals surface area contributed by atoms with E-state index in [1.165, 1.54) is 17.9 Å². The molecule has 9 nitrogen and oxygen atoms in total. The Hall–Kier alpha value is -1.97. The normalized spacial score (nSPS) is 28.9. The number of aliphatic hydroxyl groups is 2. The minimum atomic E-state index is -1.23. The third-order valence-corrected chi connectivity index (χ3v) is 4.59. The van der Waals surface area contributed by atoms with Crippen molar-refractivity contribution in [2.24, 2.45) is 14.1 Å². The highest BCUT2D eigenvalue weighted by molar-refractivity contribution is 5.70. The van der Waals surface area contributed by atoms with Gasteiger partial charge < -0.3 is 20.1 Å². The molecule has 0 aliphatic carbocycles. The van der Waals surface area contributed by atoms with Crippen molar-refractivity contribution in [1.29, 1.82) is 0 Å². The van der Waals surface area contributed by atoms with E-state index in [1.807, 2.05) is 0 Å². The van der Waals surface area contributed by atoms with Crippen LogP contribution in [-0.2, 0) is 14.1 Å². The highest BCUT2D eigenvalue weighted by atomic mass is 16.3. The first-order valence-corrected chi connectivity index (χ1v) is 7.47. The number of nitrogens with one attached hydrogen (secondary N) is 1. The molecule has 0 bridgehead atoms. The molecule has 3 N–H and O–H groups in total. The van der Waals surface area contributed by atoms with Crippen molar-refractivity contribution in [2.45, 2.75) is 31.1 Å². The van der Waals surface area contributed by atoms with E-state index in [2.05, 4.69) is 10.3 Å². The summed E-state index contributed by atoms with van der Waals surface area (Å²) in [6.45, 7) is 2.38. The van der Waals surface area contributed by atoms with Gasteiger partial charge in [-0.05, 0) is 6.92 Å². The summed E-state index contributed by atoms with van der Waals surface area (Å²) in [4.78, 5) is 28.7. The summed E-state index contributed by atoms with van der Waals surface area (Å²) in [5.41, 5.74) is -1.59. The van der Waals surface area contributed by atoms with Gasteiger partial charge in [0, 0.05) is 33.6 Å². The van der Waals surface area contributed by atoms with Crippen LogP contribution in [0, 0.1) is 0 Å². The lowest BCUT2D eigenvalue weighted by Gasteiger charge is -2.32. The van der Waals surface area contributed by atoms with Crippen molar-refractivity contribution in [3.05, 3.63) is 27.2 Å². The molecule has 0 amide bonds. The number of fused-ring (bicyclic) bond motifs is 1. The number of hydrogen-bond acceptors (Lipinski definition) is 6. The zero-order valence-electron chi connectivity index (χ0n) is 13.4. The van der Waals surface area contributed by atoms with Crippen molar-refractivity contribution in [2.75, 3.05) is 13.1 Å². The predicted octanol–water partition coefficient (Wildman–Crippen LogP) is -1.92. The van der Waals surface area contributed by atoms with Gasteiger partial charge in [0.05, 0.1) is 24.1 Å². The molecule has 1 saturated heterocycles. The summed E-state index contributed by atoms with van der Waals surface area (Å²) in [5, 5.41) is 23.7. The SMILES string of the molecule is Cn1c(=O)c2c(ncn2[C@H]2CNC[C@H](O)C[C@]2(C)O)n(C)c1=O. The molecule has 0 saturated carbocycles. The van der Waals surface area contributed by atoms with Crippen LogP contribution in [0.5, 0.6) is 0 Å². The standard InChI is InChI=1S/C14H21N5O4/c1-14(23)4-8(20)5-15-6-9(14)19-7-16-11-10(19)12(21)18(3)13(22)17(11)2/h7-9,15,20,23H,4-6H2,1-3H3/t8-,9+,14+/m1/s1. The Balaban J connectivity index is 2.25. The molecule has 2 aromatic rings. The van der Waals surface area contributed by atoms with Crippen LogP contribution in [-0.4, -0.2) is 53.7 Å². The number of hydrogen-bond donors (Lipinski definition) is 3. The molecule has 3 heterocycles. The van der Waals surface area contributed by atoms with Crippen molar-refractivity contribution >= 4 is 11.2 Å². The van der Waals surface area contributed by atoms with Crippen LogP contribution in [0.25, 0.3) is 11.2 Å². The Morgan fingerprint density at radius 1 is 1.30 bits per heavy atom. The van der Waals surface area contributed by atoms with Crippen molar-refractivity contribution in [3.8, 4) is 0 Å². The molecule has 3 rings (SSSR count). The number of imidazole rings is 1. The summed E-state index contributed by atoms with van der Waals surface area (Å²) in [5.74, 6) is 0. The van der Waals surface area contributed by atoms with Gasteiger partial charge in [0.25, 0.3) is 5.56 Å². The zero-order valence-corrected chi connectivity index (χ0v) is 13.4. The quantitative estimate of drug-likeness (QED) is 0.564. The minimum Gasteiger partial charge on any atom is -0.392 e. The summed E-state index contributed by atoms with van der Waals surface area (Å²) in [6, 6.07) is -0.491. The second kappa shape index (κ2) is 5.29. The first-order valence-electron chi connectivity index (χ1n) is 7.47. The molecule has 126 valence electrons. The van der Waals surface area contributed by atoms with Crippen LogP contribution in [0.3, 0.4) is 0 Å². The summed E-state index contributed by atoms with van der Waals surface area (Å²) >= 11 is 0. The van der Waals surface area contributed by atoms with Gasteiger partial charge in [0.1, 0.15) is 0 Å². The van der Waals surface area contributed by atoms with Crippen LogP contribution in [0.2, 0.25) is 0 Å². The van der Waals surface area contributed by atoms with Gasteiger partial charge in [-0.3, -0.25) is 13.9 Å². The van der Waals surface area contributed by atoms with Crippen molar-refractivity contribution in [1.82, 2.24) is 24.0 Å². The predicted molar refractivity (Wildman–Crippen MR) is 83.4 cm³/mol. The highest BCUT2D eigenvalue weighted by Crippen LogP contribution is 2.30. The third-order valence-electron chi connectivity index (χ3n) is 4.59. The Morgan fingerprint density at radius 2 is 2.00 bits per heavy atom. The van der Waals surface area contributed by atoms with Crippen molar-refractivity contribution in [3.63, 3.8) is 0 Å². The fraction of sp³-hybridized carbons (Fsp3) is 0.643. The number of β-amino-alcohol motifs (C(OH)–C–C–N with tert-alkyl or cyclic N) is 1. The number of aromatic nitrogens is 4. The van der Waals surface area contributed by atoms with E-state index in [0.29, 0.717) is 13.1 Å². The van der Waals surface area contributed by atoms with E-state index in [-0.39, 0.29) is 17.6 Å². The lowest BCUT2D eigenvalue weighted by Crippen LogP contribution is -2.42. The van der Waals surface area contributed by atoms with Crippen molar-refractivity contribution < 1.29 is 10.2 Å². The molecule has 0 unspecified atom stereocenters. The van der Waals surface area contributed by atoms with Crippen LogP contribution in [0.15, 0.2) is 15.9 Å². The van der Waals surface area contributed by atoms with Gasteiger partial charge in [-0.1, -0.05) is 0 Å². The largest absolute Gasteiger partial charge is 0.392 e. The van der Waals surface area contributed by atoms with E-state index in [0.717, 1.165) is 4.57 Å². The van der Waals surface area contributed by atoms with Gasteiger partial charge in [0.2, 0.25) is 0 Å². The van der Waals surface area contributed by atoms with Crippen LogP contribution in [0.4, 0.5) is 0 Å². The minimum absolute atomic E-state index is 0.177. The fourth-order valence-electron chi connectivity index (χ4n) is 3.29. The monoisotopic (exact) mass is 323 g/mol. The number of aliphatic hydroxyl groups excluding tert-OH is 1. The van der Waals surface area contributed by atoms with Gasteiger partial charge in [0.15, 0.2) is 11.2 Å². The second-order valence-electron chi connectivity index (χ2n) is 6.42. The van der Waals surface area contributed by atoms with Gasteiger partial charge in [-0.25, -0.2) is 9.78 Å². The maximum absolute atomic E-state index is 12.5. The third kappa shape index (κ3) is 2.41. The smallest absolute Gasteiger partial charge is 0.332 e. The van der Waals surface area contributed by atoms with Gasteiger partial charge >= 0.3 is 5.69 Å². The summed E-state index contributed by atoms with van der Waals surface area (Å²) in [7, 11) is 2.96. The molecule has 1 fully saturated rings. The lowest BCUT2D eigenvalue weighted by atomic mass is 9.91. The molecular formula is C14H21N5O4. The molecule has 1 aliphatic rings. The molecule has 23 heavy (non-hydrogen) atoms.